The van der Waals surface area contributed by atoms with E-state index in [1.807, 2.05) is 4.72 Å². The molecular weight excluding hydrogens is 411 g/mol. The van der Waals surface area contributed by atoms with E-state index in [2.05, 4.69) is 5.10 Å². The van der Waals surface area contributed by atoms with Gasteiger partial charge in [-0.25, -0.2) is 13.1 Å². The molecule has 29 heavy (non-hydrogen) atoms. The van der Waals surface area contributed by atoms with E-state index in [4.69, 9.17) is 9.47 Å². The number of halogens is 3. The van der Waals surface area contributed by atoms with Crippen molar-refractivity contribution in [2.45, 2.75) is 11.1 Å². The Kier molecular flexibility index (Phi) is 4.61. The van der Waals surface area contributed by atoms with E-state index in [0.29, 0.717) is 12.4 Å². The van der Waals surface area contributed by atoms with Crippen LogP contribution in [0.15, 0.2) is 59.8 Å². The second-order valence-corrected chi connectivity index (χ2v) is 7.77. The van der Waals surface area contributed by atoms with Crippen molar-refractivity contribution in [2.24, 2.45) is 0 Å². The SMILES string of the molecule is O=S(=O)(Nc1ccc(-n2cccn2)cc1C(F)(F)F)c1ccc2c(c1)OCCO2. The quantitative estimate of drug-likeness (QED) is 0.692. The van der Waals surface area contributed by atoms with E-state index >= 15 is 0 Å². The zero-order chi connectivity index (χ0) is 20.6. The molecule has 0 radical (unpaired) electrons. The molecule has 1 aromatic heterocycles. The first-order chi connectivity index (χ1) is 13.7. The lowest BCUT2D eigenvalue weighted by Gasteiger charge is -2.20. The van der Waals surface area contributed by atoms with Crippen LogP contribution in [0.3, 0.4) is 0 Å². The van der Waals surface area contributed by atoms with Crippen LogP contribution in [-0.4, -0.2) is 31.4 Å². The summed E-state index contributed by atoms with van der Waals surface area (Å²) in [6.45, 7) is 0.575. The van der Waals surface area contributed by atoms with Gasteiger partial charge in [0.2, 0.25) is 0 Å². The molecule has 0 saturated carbocycles. The van der Waals surface area contributed by atoms with Crippen LogP contribution in [0.1, 0.15) is 5.56 Å². The van der Waals surface area contributed by atoms with Crippen molar-refractivity contribution < 1.29 is 31.1 Å². The Labute approximate surface area is 163 Å². The maximum atomic E-state index is 13.6. The molecule has 2 aromatic carbocycles. The maximum Gasteiger partial charge on any atom is 0.418 e. The topological polar surface area (TPSA) is 82.5 Å². The lowest BCUT2D eigenvalue weighted by molar-refractivity contribution is -0.136. The van der Waals surface area contributed by atoms with Gasteiger partial charge in [0.25, 0.3) is 10.0 Å². The Hall–Kier alpha value is -3.21. The zero-order valence-corrected chi connectivity index (χ0v) is 15.5. The number of anilines is 1. The van der Waals surface area contributed by atoms with Crippen molar-refractivity contribution in [1.29, 1.82) is 0 Å². The highest BCUT2D eigenvalue weighted by Gasteiger charge is 2.35. The summed E-state index contributed by atoms with van der Waals surface area (Å²) in [5.41, 5.74) is -1.58. The molecule has 0 bridgehead atoms. The normalized spacial score (nSPS) is 13.9. The monoisotopic (exact) mass is 425 g/mol. The van der Waals surface area contributed by atoms with Crippen LogP contribution in [-0.2, 0) is 16.2 Å². The second-order valence-electron chi connectivity index (χ2n) is 6.09. The van der Waals surface area contributed by atoms with Crippen molar-refractivity contribution in [2.75, 3.05) is 17.9 Å². The van der Waals surface area contributed by atoms with E-state index in [0.717, 1.165) is 12.1 Å². The minimum atomic E-state index is -4.78. The molecule has 2 heterocycles. The van der Waals surface area contributed by atoms with Gasteiger partial charge in [-0.15, -0.1) is 0 Å². The number of hydrogen-bond acceptors (Lipinski definition) is 5. The largest absolute Gasteiger partial charge is 0.486 e. The summed E-state index contributed by atoms with van der Waals surface area (Å²) >= 11 is 0. The first-order valence-electron chi connectivity index (χ1n) is 8.38. The molecule has 0 atom stereocenters. The average Bonchev–Trinajstić information content (AvgIpc) is 3.21. The summed E-state index contributed by atoms with van der Waals surface area (Å²) in [4.78, 5) is -0.244. The summed E-state index contributed by atoms with van der Waals surface area (Å²) in [7, 11) is -4.30. The van der Waals surface area contributed by atoms with E-state index in [1.54, 1.807) is 6.07 Å². The van der Waals surface area contributed by atoms with Crippen LogP contribution < -0.4 is 14.2 Å². The first kappa shape index (κ1) is 19.1. The molecule has 1 aliphatic heterocycles. The van der Waals surface area contributed by atoms with Crippen LogP contribution in [0.25, 0.3) is 5.69 Å². The number of fused-ring (bicyclic) bond motifs is 1. The minimum Gasteiger partial charge on any atom is -0.486 e. The number of rotatable bonds is 4. The molecule has 3 aromatic rings. The summed E-state index contributed by atoms with van der Waals surface area (Å²) < 4.78 is 80.0. The van der Waals surface area contributed by atoms with Gasteiger partial charge < -0.3 is 9.47 Å². The van der Waals surface area contributed by atoms with Crippen LogP contribution in [0.5, 0.6) is 11.5 Å². The fourth-order valence-corrected chi connectivity index (χ4v) is 3.91. The fraction of sp³-hybridized carbons (Fsp3) is 0.167. The molecule has 0 unspecified atom stereocenters. The number of aromatic nitrogens is 2. The van der Waals surface area contributed by atoms with Crippen LogP contribution in [0, 0.1) is 0 Å². The summed E-state index contributed by atoms with van der Waals surface area (Å²) in [5, 5.41) is 3.89. The molecule has 0 spiro atoms. The smallest absolute Gasteiger partial charge is 0.418 e. The summed E-state index contributed by atoms with van der Waals surface area (Å²) in [5.74, 6) is 0.582. The van der Waals surface area contributed by atoms with E-state index < -0.39 is 27.5 Å². The number of ether oxygens (including phenoxy) is 2. The number of nitrogens with one attached hydrogen (secondary N) is 1. The Morgan fingerprint density at radius 1 is 1.03 bits per heavy atom. The highest BCUT2D eigenvalue weighted by atomic mass is 32.2. The van der Waals surface area contributed by atoms with Crippen molar-refractivity contribution in [3.8, 4) is 17.2 Å². The molecule has 0 fully saturated rings. The molecular formula is C18H14F3N3O4S. The Morgan fingerprint density at radius 2 is 1.79 bits per heavy atom. The van der Waals surface area contributed by atoms with Gasteiger partial charge in [0.15, 0.2) is 11.5 Å². The standard InChI is InChI=1S/C18H14F3N3O4S/c19-18(20,21)14-10-12(24-7-1-6-22-24)2-4-15(14)23-29(25,26)13-3-5-16-17(11-13)28-9-8-27-16/h1-7,10-11,23H,8-9H2. The van der Waals surface area contributed by atoms with Gasteiger partial charge in [-0.3, -0.25) is 4.72 Å². The van der Waals surface area contributed by atoms with E-state index in [1.165, 1.54) is 41.3 Å². The minimum absolute atomic E-state index is 0.143. The Bertz CT molecular complexity index is 1150. The molecule has 7 nitrogen and oxygen atoms in total. The van der Waals surface area contributed by atoms with Gasteiger partial charge in [-0.1, -0.05) is 0 Å². The van der Waals surface area contributed by atoms with Gasteiger partial charge in [-0.05, 0) is 36.4 Å². The van der Waals surface area contributed by atoms with Crippen LogP contribution >= 0.6 is 0 Å². The van der Waals surface area contributed by atoms with Crippen molar-refractivity contribution in [3.63, 3.8) is 0 Å². The Morgan fingerprint density at radius 3 is 2.48 bits per heavy atom. The highest BCUT2D eigenvalue weighted by Crippen LogP contribution is 2.38. The molecule has 0 saturated heterocycles. The highest BCUT2D eigenvalue weighted by molar-refractivity contribution is 7.92. The molecule has 1 N–H and O–H groups in total. The van der Waals surface area contributed by atoms with Crippen LogP contribution in [0.2, 0.25) is 0 Å². The second kappa shape index (κ2) is 6.99. The predicted octanol–water partition coefficient (Wildman–Crippen LogP) is 3.46. The van der Waals surface area contributed by atoms with Gasteiger partial charge in [0, 0.05) is 18.5 Å². The molecule has 1 aliphatic rings. The van der Waals surface area contributed by atoms with E-state index in [-0.39, 0.29) is 22.9 Å². The third-order valence-corrected chi connectivity index (χ3v) is 5.51. The zero-order valence-electron chi connectivity index (χ0n) is 14.7. The van der Waals surface area contributed by atoms with E-state index in [9.17, 15) is 21.6 Å². The maximum absolute atomic E-state index is 13.6. The lowest BCUT2D eigenvalue weighted by atomic mass is 10.1. The summed E-state index contributed by atoms with van der Waals surface area (Å²) in [6.07, 6.45) is -1.88. The number of sulfonamides is 1. The van der Waals surface area contributed by atoms with Crippen molar-refractivity contribution in [3.05, 3.63) is 60.4 Å². The van der Waals surface area contributed by atoms with Gasteiger partial charge >= 0.3 is 6.18 Å². The molecule has 0 amide bonds. The molecule has 4 rings (SSSR count). The van der Waals surface area contributed by atoms with Crippen molar-refractivity contribution >= 4 is 15.7 Å². The predicted molar refractivity (Wildman–Crippen MR) is 96.8 cm³/mol. The number of benzene rings is 2. The Balaban J connectivity index is 1.71. The number of alkyl halides is 3. The first-order valence-corrected chi connectivity index (χ1v) is 9.86. The van der Waals surface area contributed by atoms with Crippen LogP contribution in [0.4, 0.5) is 18.9 Å². The third kappa shape index (κ3) is 3.86. The average molecular weight is 425 g/mol. The number of hydrogen-bond donors (Lipinski definition) is 1. The fourth-order valence-electron chi connectivity index (χ4n) is 2.81. The number of nitrogens with zero attached hydrogens (tertiary/aromatic N) is 2. The third-order valence-electron chi connectivity index (χ3n) is 4.15. The lowest BCUT2D eigenvalue weighted by Crippen LogP contribution is -2.19. The van der Waals surface area contributed by atoms with Crippen molar-refractivity contribution in [1.82, 2.24) is 9.78 Å². The van der Waals surface area contributed by atoms with Gasteiger partial charge in [0.05, 0.1) is 21.8 Å². The molecule has 11 heteroatoms. The van der Waals surface area contributed by atoms with Gasteiger partial charge in [-0.2, -0.15) is 18.3 Å². The molecule has 0 aliphatic carbocycles. The molecule has 152 valence electrons. The van der Waals surface area contributed by atoms with Gasteiger partial charge in [0.1, 0.15) is 13.2 Å². The summed E-state index contributed by atoms with van der Waals surface area (Å²) in [6, 6.07) is 8.62.